The van der Waals surface area contributed by atoms with Gasteiger partial charge in [-0.2, -0.15) is 5.10 Å². The highest BCUT2D eigenvalue weighted by Crippen LogP contribution is 2.22. The molecule has 0 bridgehead atoms. The van der Waals surface area contributed by atoms with Crippen LogP contribution in [0.25, 0.3) is 0 Å². The van der Waals surface area contributed by atoms with Crippen molar-refractivity contribution >= 4 is 21.8 Å². The molecule has 1 amide bonds. The van der Waals surface area contributed by atoms with Crippen molar-refractivity contribution < 1.29 is 4.79 Å². The first-order chi connectivity index (χ1) is 9.04. The summed E-state index contributed by atoms with van der Waals surface area (Å²) in [7, 11) is 3.61. The van der Waals surface area contributed by atoms with Crippen molar-refractivity contribution in [2.45, 2.75) is 19.5 Å². The molecule has 7 heteroatoms. The van der Waals surface area contributed by atoms with Gasteiger partial charge in [0.2, 0.25) is 5.91 Å². The smallest absolute Gasteiger partial charge is 0.238 e. The number of hydrogen-bond donors (Lipinski definition) is 2. The molecule has 1 saturated heterocycles. The van der Waals surface area contributed by atoms with E-state index in [4.69, 9.17) is 0 Å². The summed E-state index contributed by atoms with van der Waals surface area (Å²) in [6, 6.07) is -0.124. The quantitative estimate of drug-likeness (QED) is 0.820. The molecule has 1 atom stereocenters. The standard InChI is InChI=1S/C12H20BrN5O/c1-8-11(13)10(17(3)16-8)7-18-5-4-15-6-9(18)12(19)14-2/h9,15H,4-7H2,1-3H3,(H,14,19). The molecule has 0 radical (unpaired) electrons. The van der Waals surface area contributed by atoms with E-state index in [1.807, 2.05) is 18.7 Å². The lowest BCUT2D eigenvalue weighted by Gasteiger charge is -2.34. The largest absolute Gasteiger partial charge is 0.358 e. The number of nitrogens with zero attached hydrogens (tertiary/aromatic N) is 3. The molecule has 106 valence electrons. The maximum Gasteiger partial charge on any atom is 0.238 e. The molecule has 1 aromatic rings. The van der Waals surface area contributed by atoms with E-state index in [-0.39, 0.29) is 11.9 Å². The van der Waals surface area contributed by atoms with E-state index in [2.05, 4.69) is 36.6 Å². The van der Waals surface area contributed by atoms with Crippen LogP contribution in [-0.2, 0) is 18.4 Å². The SMILES string of the molecule is CNC(=O)C1CNCCN1Cc1c(Br)c(C)nn1C. The highest BCUT2D eigenvalue weighted by atomic mass is 79.9. The van der Waals surface area contributed by atoms with E-state index in [0.29, 0.717) is 6.54 Å². The first kappa shape index (κ1) is 14.5. The summed E-state index contributed by atoms with van der Waals surface area (Å²) in [5, 5.41) is 10.4. The number of piperazine rings is 1. The van der Waals surface area contributed by atoms with Crippen LogP contribution in [0.15, 0.2) is 4.47 Å². The van der Waals surface area contributed by atoms with Gasteiger partial charge in [0, 0.05) is 40.3 Å². The fourth-order valence-electron chi connectivity index (χ4n) is 2.41. The minimum Gasteiger partial charge on any atom is -0.358 e. The Morgan fingerprint density at radius 1 is 1.63 bits per heavy atom. The van der Waals surface area contributed by atoms with E-state index in [0.717, 1.165) is 35.5 Å². The fourth-order valence-corrected chi connectivity index (χ4v) is 2.87. The molecule has 2 rings (SSSR count). The monoisotopic (exact) mass is 329 g/mol. The minimum absolute atomic E-state index is 0.0576. The molecule has 1 fully saturated rings. The Hall–Kier alpha value is -0.920. The summed E-state index contributed by atoms with van der Waals surface area (Å²) in [5.41, 5.74) is 2.08. The van der Waals surface area contributed by atoms with Crippen molar-refractivity contribution in [3.63, 3.8) is 0 Å². The Kier molecular flexibility index (Phi) is 4.59. The molecule has 2 N–H and O–H groups in total. The molecule has 0 saturated carbocycles. The summed E-state index contributed by atoms with van der Waals surface area (Å²) in [5.74, 6) is 0.0576. The van der Waals surface area contributed by atoms with Crippen molar-refractivity contribution in [2.24, 2.45) is 7.05 Å². The number of carbonyl (C=O) groups is 1. The molecule has 1 aliphatic heterocycles. The van der Waals surface area contributed by atoms with Crippen LogP contribution in [0.4, 0.5) is 0 Å². The molecule has 6 nitrogen and oxygen atoms in total. The summed E-state index contributed by atoms with van der Waals surface area (Å²) < 4.78 is 2.91. The Labute approximate surface area is 121 Å². The average Bonchev–Trinajstić information content (AvgIpc) is 2.65. The van der Waals surface area contributed by atoms with Crippen LogP contribution in [0, 0.1) is 6.92 Å². The molecular formula is C12H20BrN5O. The molecule has 0 aliphatic carbocycles. The number of aromatic nitrogens is 2. The van der Waals surface area contributed by atoms with Crippen LogP contribution in [0.3, 0.4) is 0 Å². The Morgan fingerprint density at radius 3 is 2.95 bits per heavy atom. The Bertz CT molecular complexity index is 473. The number of halogens is 1. The molecule has 1 aliphatic rings. The fraction of sp³-hybridized carbons (Fsp3) is 0.667. The third kappa shape index (κ3) is 2.98. The normalized spacial score (nSPS) is 20.5. The second kappa shape index (κ2) is 6.02. The summed E-state index contributed by atoms with van der Waals surface area (Å²) >= 11 is 3.58. The lowest BCUT2D eigenvalue weighted by atomic mass is 10.1. The zero-order valence-corrected chi connectivity index (χ0v) is 13.1. The van der Waals surface area contributed by atoms with Gasteiger partial charge in [0.25, 0.3) is 0 Å². The molecule has 0 aromatic carbocycles. The minimum atomic E-state index is -0.124. The zero-order valence-electron chi connectivity index (χ0n) is 11.5. The number of carbonyl (C=O) groups excluding carboxylic acids is 1. The third-order valence-corrected chi connectivity index (χ3v) is 4.55. The number of amides is 1. The van der Waals surface area contributed by atoms with E-state index in [9.17, 15) is 4.79 Å². The third-order valence-electron chi connectivity index (χ3n) is 3.52. The van der Waals surface area contributed by atoms with E-state index >= 15 is 0 Å². The van der Waals surface area contributed by atoms with Gasteiger partial charge in [-0.3, -0.25) is 14.4 Å². The topological polar surface area (TPSA) is 62.2 Å². The summed E-state index contributed by atoms with van der Waals surface area (Å²) in [6.07, 6.45) is 0. The lowest BCUT2D eigenvalue weighted by molar-refractivity contribution is -0.126. The van der Waals surface area contributed by atoms with Crippen LogP contribution >= 0.6 is 15.9 Å². The van der Waals surface area contributed by atoms with E-state index in [1.54, 1.807) is 7.05 Å². The maximum atomic E-state index is 11.9. The second-order valence-corrected chi connectivity index (χ2v) is 5.57. The highest BCUT2D eigenvalue weighted by Gasteiger charge is 2.29. The predicted molar refractivity (Wildman–Crippen MR) is 76.8 cm³/mol. The van der Waals surface area contributed by atoms with Gasteiger partial charge in [0.05, 0.1) is 15.9 Å². The van der Waals surface area contributed by atoms with Crippen LogP contribution in [0.1, 0.15) is 11.4 Å². The van der Waals surface area contributed by atoms with Crippen LogP contribution in [0.5, 0.6) is 0 Å². The first-order valence-corrected chi connectivity index (χ1v) is 7.18. The van der Waals surface area contributed by atoms with Crippen molar-refractivity contribution in [1.29, 1.82) is 0 Å². The van der Waals surface area contributed by atoms with Gasteiger partial charge in [0.15, 0.2) is 0 Å². The van der Waals surface area contributed by atoms with E-state index < -0.39 is 0 Å². The van der Waals surface area contributed by atoms with Gasteiger partial charge < -0.3 is 10.6 Å². The van der Waals surface area contributed by atoms with Crippen LogP contribution < -0.4 is 10.6 Å². The Morgan fingerprint density at radius 2 is 2.37 bits per heavy atom. The number of hydrogen-bond acceptors (Lipinski definition) is 4. The Balaban J connectivity index is 2.17. The molecular weight excluding hydrogens is 310 g/mol. The van der Waals surface area contributed by atoms with Gasteiger partial charge >= 0.3 is 0 Å². The molecule has 1 aromatic heterocycles. The second-order valence-electron chi connectivity index (χ2n) is 4.77. The lowest BCUT2D eigenvalue weighted by Crippen LogP contribution is -2.57. The van der Waals surface area contributed by atoms with Gasteiger partial charge in [-0.25, -0.2) is 0 Å². The van der Waals surface area contributed by atoms with Gasteiger partial charge in [-0.1, -0.05) is 0 Å². The number of aryl methyl sites for hydroxylation is 2. The summed E-state index contributed by atoms with van der Waals surface area (Å²) in [4.78, 5) is 14.1. The van der Waals surface area contributed by atoms with Crippen molar-refractivity contribution in [3.05, 3.63) is 15.9 Å². The van der Waals surface area contributed by atoms with Gasteiger partial charge in [-0.05, 0) is 22.9 Å². The number of likely N-dealkylation sites (N-methyl/N-ethyl adjacent to an activating group) is 1. The number of rotatable bonds is 3. The van der Waals surface area contributed by atoms with Gasteiger partial charge in [0.1, 0.15) is 6.04 Å². The molecule has 19 heavy (non-hydrogen) atoms. The van der Waals surface area contributed by atoms with Crippen LogP contribution in [-0.4, -0.2) is 53.3 Å². The van der Waals surface area contributed by atoms with Gasteiger partial charge in [-0.15, -0.1) is 0 Å². The first-order valence-electron chi connectivity index (χ1n) is 6.39. The number of nitrogens with one attached hydrogen (secondary N) is 2. The van der Waals surface area contributed by atoms with Crippen molar-refractivity contribution in [2.75, 3.05) is 26.7 Å². The molecule has 2 heterocycles. The van der Waals surface area contributed by atoms with Crippen molar-refractivity contribution in [1.82, 2.24) is 25.3 Å². The zero-order chi connectivity index (χ0) is 14.0. The molecule has 0 spiro atoms. The van der Waals surface area contributed by atoms with E-state index in [1.165, 1.54) is 0 Å². The highest BCUT2D eigenvalue weighted by molar-refractivity contribution is 9.10. The predicted octanol–water partition coefficient (Wildman–Crippen LogP) is 0.0108. The van der Waals surface area contributed by atoms with Crippen LogP contribution in [0.2, 0.25) is 0 Å². The average molecular weight is 330 g/mol. The summed E-state index contributed by atoms with van der Waals surface area (Å²) in [6.45, 7) is 5.14. The molecule has 1 unspecified atom stereocenters. The maximum absolute atomic E-state index is 11.9. The van der Waals surface area contributed by atoms with Crippen molar-refractivity contribution in [3.8, 4) is 0 Å².